The molecule has 88 valence electrons. The molecular formula is C14H16N2O. The standard InChI is InChI=1S/C14H16N2O/c1-17-13-7-4-6-12(9-13)16-10-11-5-2-3-8-14(11)15-16/h4,6-7,9-10H,2-3,5,8H2,1H3. The Kier molecular flexibility index (Phi) is 2.59. The van der Waals surface area contributed by atoms with Crippen molar-refractivity contribution in [2.24, 2.45) is 0 Å². The molecule has 17 heavy (non-hydrogen) atoms. The lowest BCUT2D eigenvalue weighted by molar-refractivity contribution is 0.414. The van der Waals surface area contributed by atoms with Crippen LogP contribution in [0.3, 0.4) is 0 Å². The number of methoxy groups -OCH3 is 1. The van der Waals surface area contributed by atoms with Gasteiger partial charge in [-0.1, -0.05) is 6.07 Å². The summed E-state index contributed by atoms with van der Waals surface area (Å²) < 4.78 is 7.21. The van der Waals surface area contributed by atoms with Gasteiger partial charge in [0.1, 0.15) is 5.75 Å². The van der Waals surface area contributed by atoms with Crippen molar-refractivity contribution in [3.05, 3.63) is 41.7 Å². The molecule has 0 N–H and O–H groups in total. The molecule has 0 spiro atoms. The van der Waals surface area contributed by atoms with E-state index in [-0.39, 0.29) is 0 Å². The average Bonchev–Trinajstić information content (AvgIpc) is 2.82. The summed E-state index contributed by atoms with van der Waals surface area (Å²) >= 11 is 0. The molecule has 0 radical (unpaired) electrons. The Bertz CT molecular complexity index is 507. The highest BCUT2D eigenvalue weighted by Crippen LogP contribution is 2.22. The van der Waals surface area contributed by atoms with Gasteiger partial charge in [-0.05, 0) is 43.4 Å². The van der Waals surface area contributed by atoms with Gasteiger partial charge in [0.15, 0.2) is 0 Å². The summed E-state index contributed by atoms with van der Waals surface area (Å²) in [5, 5.41) is 4.66. The molecule has 0 atom stereocenters. The van der Waals surface area contributed by atoms with E-state index in [1.165, 1.54) is 30.5 Å². The molecule has 0 bridgehead atoms. The first-order valence-electron chi connectivity index (χ1n) is 6.08. The fraction of sp³-hybridized carbons (Fsp3) is 0.357. The number of hydrogen-bond acceptors (Lipinski definition) is 2. The lowest BCUT2D eigenvalue weighted by Crippen LogP contribution is -2.00. The van der Waals surface area contributed by atoms with Gasteiger partial charge in [-0.25, -0.2) is 4.68 Å². The second kappa shape index (κ2) is 4.24. The Labute approximate surface area is 101 Å². The largest absolute Gasteiger partial charge is 0.497 e. The van der Waals surface area contributed by atoms with Crippen molar-refractivity contribution < 1.29 is 4.74 Å². The third kappa shape index (κ3) is 1.93. The van der Waals surface area contributed by atoms with E-state index in [0.29, 0.717) is 0 Å². The van der Waals surface area contributed by atoms with Crippen LogP contribution < -0.4 is 4.74 Å². The van der Waals surface area contributed by atoms with Crippen LogP contribution >= 0.6 is 0 Å². The summed E-state index contributed by atoms with van der Waals surface area (Å²) in [6.07, 6.45) is 6.99. The summed E-state index contributed by atoms with van der Waals surface area (Å²) in [6, 6.07) is 8.02. The van der Waals surface area contributed by atoms with Gasteiger partial charge in [0.2, 0.25) is 0 Å². The van der Waals surface area contributed by atoms with Crippen molar-refractivity contribution in [2.75, 3.05) is 7.11 Å². The molecule has 0 aliphatic heterocycles. The van der Waals surface area contributed by atoms with Crippen molar-refractivity contribution >= 4 is 0 Å². The van der Waals surface area contributed by atoms with Crippen LogP contribution in [0.2, 0.25) is 0 Å². The zero-order chi connectivity index (χ0) is 11.7. The van der Waals surface area contributed by atoms with Crippen molar-refractivity contribution in [1.29, 1.82) is 0 Å². The maximum Gasteiger partial charge on any atom is 0.121 e. The Hall–Kier alpha value is -1.77. The normalized spacial score (nSPS) is 14.4. The van der Waals surface area contributed by atoms with Gasteiger partial charge in [0.25, 0.3) is 0 Å². The second-order valence-corrected chi connectivity index (χ2v) is 4.45. The van der Waals surface area contributed by atoms with Crippen LogP contribution in [0.1, 0.15) is 24.1 Å². The number of hydrogen-bond donors (Lipinski definition) is 0. The van der Waals surface area contributed by atoms with Crippen LogP contribution in [-0.2, 0) is 12.8 Å². The fourth-order valence-electron chi connectivity index (χ4n) is 2.36. The maximum absolute atomic E-state index is 5.24. The quantitative estimate of drug-likeness (QED) is 0.790. The maximum atomic E-state index is 5.24. The van der Waals surface area contributed by atoms with Crippen molar-refractivity contribution in [3.8, 4) is 11.4 Å². The molecule has 1 aliphatic rings. The minimum atomic E-state index is 0.871. The van der Waals surface area contributed by atoms with E-state index in [0.717, 1.165) is 17.9 Å². The van der Waals surface area contributed by atoms with E-state index >= 15 is 0 Å². The number of fused-ring (bicyclic) bond motifs is 1. The summed E-state index contributed by atoms with van der Waals surface area (Å²) in [5.74, 6) is 0.871. The number of aryl methyl sites for hydroxylation is 2. The summed E-state index contributed by atoms with van der Waals surface area (Å²) in [6.45, 7) is 0. The van der Waals surface area contributed by atoms with Crippen LogP contribution in [0.5, 0.6) is 5.75 Å². The molecule has 0 saturated carbocycles. The number of nitrogens with zero attached hydrogens (tertiary/aromatic N) is 2. The van der Waals surface area contributed by atoms with Crippen LogP contribution in [0, 0.1) is 0 Å². The predicted octanol–water partition coefficient (Wildman–Crippen LogP) is 2.76. The van der Waals surface area contributed by atoms with E-state index in [9.17, 15) is 0 Å². The molecule has 0 amide bonds. The van der Waals surface area contributed by atoms with Gasteiger partial charge in [-0.3, -0.25) is 0 Å². The number of rotatable bonds is 2. The molecule has 0 fully saturated rings. The lowest BCUT2D eigenvalue weighted by Gasteiger charge is -2.06. The first kappa shape index (κ1) is 10.4. The summed E-state index contributed by atoms with van der Waals surface area (Å²) in [7, 11) is 1.69. The molecule has 1 aliphatic carbocycles. The second-order valence-electron chi connectivity index (χ2n) is 4.45. The Morgan fingerprint density at radius 1 is 1.24 bits per heavy atom. The fourth-order valence-corrected chi connectivity index (χ4v) is 2.36. The molecule has 2 aromatic rings. The van der Waals surface area contributed by atoms with E-state index < -0.39 is 0 Å². The van der Waals surface area contributed by atoms with Crippen LogP contribution in [-0.4, -0.2) is 16.9 Å². The monoisotopic (exact) mass is 228 g/mol. The van der Waals surface area contributed by atoms with E-state index in [1.807, 2.05) is 22.9 Å². The molecule has 3 nitrogen and oxygen atoms in total. The third-order valence-electron chi connectivity index (χ3n) is 3.30. The number of aromatic nitrogens is 2. The molecule has 1 aromatic carbocycles. The molecule has 1 aromatic heterocycles. The Morgan fingerprint density at radius 2 is 2.12 bits per heavy atom. The average molecular weight is 228 g/mol. The number of benzene rings is 1. The van der Waals surface area contributed by atoms with Crippen LogP contribution in [0.15, 0.2) is 30.5 Å². The zero-order valence-electron chi connectivity index (χ0n) is 10.0. The zero-order valence-corrected chi connectivity index (χ0v) is 10.0. The molecule has 1 heterocycles. The summed E-state index contributed by atoms with van der Waals surface area (Å²) in [5.41, 5.74) is 3.73. The highest BCUT2D eigenvalue weighted by atomic mass is 16.5. The van der Waals surface area contributed by atoms with Gasteiger partial charge in [0, 0.05) is 12.3 Å². The van der Waals surface area contributed by atoms with Gasteiger partial charge in [-0.15, -0.1) is 0 Å². The Balaban J connectivity index is 2.00. The van der Waals surface area contributed by atoms with Gasteiger partial charge < -0.3 is 4.74 Å². The molecular weight excluding hydrogens is 212 g/mol. The van der Waals surface area contributed by atoms with Crippen LogP contribution in [0.25, 0.3) is 5.69 Å². The molecule has 0 saturated heterocycles. The first-order valence-corrected chi connectivity index (χ1v) is 6.08. The first-order chi connectivity index (χ1) is 8.36. The van der Waals surface area contributed by atoms with E-state index in [2.05, 4.69) is 17.4 Å². The predicted molar refractivity (Wildman–Crippen MR) is 66.8 cm³/mol. The molecule has 3 rings (SSSR count). The molecule has 0 unspecified atom stereocenters. The minimum Gasteiger partial charge on any atom is -0.497 e. The third-order valence-corrected chi connectivity index (χ3v) is 3.30. The van der Waals surface area contributed by atoms with Gasteiger partial charge in [0.05, 0.1) is 18.5 Å². The SMILES string of the molecule is COc1cccc(-n2cc3c(n2)CCCC3)c1. The van der Waals surface area contributed by atoms with Crippen molar-refractivity contribution in [1.82, 2.24) is 9.78 Å². The van der Waals surface area contributed by atoms with Crippen molar-refractivity contribution in [3.63, 3.8) is 0 Å². The smallest absolute Gasteiger partial charge is 0.121 e. The highest BCUT2D eigenvalue weighted by Gasteiger charge is 2.14. The van der Waals surface area contributed by atoms with Gasteiger partial charge in [-0.2, -0.15) is 5.10 Å². The van der Waals surface area contributed by atoms with Gasteiger partial charge >= 0.3 is 0 Å². The highest BCUT2D eigenvalue weighted by molar-refractivity contribution is 5.39. The topological polar surface area (TPSA) is 27.1 Å². The summed E-state index contributed by atoms with van der Waals surface area (Å²) in [4.78, 5) is 0. The Morgan fingerprint density at radius 3 is 2.94 bits per heavy atom. The number of ether oxygens (including phenoxy) is 1. The van der Waals surface area contributed by atoms with Crippen molar-refractivity contribution in [2.45, 2.75) is 25.7 Å². The van der Waals surface area contributed by atoms with Crippen LogP contribution in [0.4, 0.5) is 0 Å². The lowest BCUT2D eigenvalue weighted by atomic mass is 9.99. The molecule has 3 heteroatoms. The van der Waals surface area contributed by atoms with E-state index in [1.54, 1.807) is 7.11 Å². The minimum absolute atomic E-state index is 0.871. The van der Waals surface area contributed by atoms with E-state index in [4.69, 9.17) is 4.74 Å².